The largest absolute Gasteiger partial charge is 0.349 e. The summed E-state index contributed by atoms with van der Waals surface area (Å²) in [4.78, 5) is 12.3. The van der Waals surface area contributed by atoms with Crippen molar-refractivity contribution in [2.75, 3.05) is 5.75 Å². The van der Waals surface area contributed by atoms with Crippen LogP contribution in [0.3, 0.4) is 0 Å². The van der Waals surface area contributed by atoms with E-state index < -0.39 is 0 Å². The van der Waals surface area contributed by atoms with Crippen molar-refractivity contribution in [2.24, 2.45) is 7.05 Å². The Kier molecular flexibility index (Phi) is 6.13. The second-order valence-corrected chi connectivity index (χ2v) is 7.32. The van der Waals surface area contributed by atoms with Gasteiger partial charge in [-0.25, -0.2) is 4.39 Å². The monoisotopic (exact) mass is 404 g/mol. The highest BCUT2D eigenvalue weighted by Gasteiger charge is 2.15. The second-order valence-electron chi connectivity index (χ2n) is 5.97. The molecule has 0 aliphatic heterocycles. The van der Waals surface area contributed by atoms with Crippen LogP contribution >= 0.6 is 23.4 Å². The fourth-order valence-corrected chi connectivity index (χ4v) is 3.63. The molecule has 1 heterocycles. The van der Waals surface area contributed by atoms with Crippen molar-refractivity contribution in [3.8, 4) is 11.4 Å². The number of thioether (sulfide) groups is 1. The molecule has 0 saturated heterocycles. The van der Waals surface area contributed by atoms with E-state index in [1.165, 1.54) is 23.9 Å². The normalized spacial score (nSPS) is 12.0. The predicted octanol–water partition coefficient (Wildman–Crippen LogP) is 4.24. The van der Waals surface area contributed by atoms with E-state index in [4.69, 9.17) is 11.6 Å². The summed E-state index contributed by atoms with van der Waals surface area (Å²) in [7, 11) is 1.81. The van der Waals surface area contributed by atoms with Crippen LogP contribution in [0, 0.1) is 5.82 Å². The Morgan fingerprint density at radius 1 is 1.22 bits per heavy atom. The zero-order chi connectivity index (χ0) is 19.4. The minimum absolute atomic E-state index is 0.126. The summed E-state index contributed by atoms with van der Waals surface area (Å²) >= 11 is 7.45. The Hall–Kier alpha value is -2.38. The maximum absolute atomic E-state index is 13.1. The first-order valence-electron chi connectivity index (χ1n) is 8.27. The molecule has 1 atom stereocenters. The van der Waals surface area contributed by atoms with E-state index in [9.17, 15) is 9.18 Å². The Morgan fingerprint density at radius 3 is 2.63 bits per heavy atom. The van der Waals surface area contributed by atoms with Gasteiger partial charge in [0.05, 0.1) is 11.8 Å². The number of nitrogens with one attached hydrogen (secondary N) is 1. The lowest BCUT2D eigenvalue weighted by Gasteiger charge is -2.15. The van der Waals surface area contributed by atoms with Gasteiger partial charge in [0, 0.05) is 17.6 Å². The molecule has 0 bridgehead atoms. The summed E-state index contributed by atoms with van der Waals surface area (Å²) in [5.41, 5.74) is 1.63. The van der Waals surface area contributed by atoms with Gasteiger partial charge in [-0.3, -0.25) is 4.79 Å². The number of hydrogen-bond donors (Lipinski definition) is 1. The Bertz CT molecular complexity index is 945. The van der Waals surface area contributed by atoms with Crippen LogP contribution in [0.15, 0.2) is 53.7 Å². The lowest BCUT2D eigenvalue weighted by molar-refractivity contribution is -0.119. The maximum atomic E-state index is 13.1. The fraction of sp³-hybridized carbons (Fsp3) is 0.211. The highest BCUT2D eigenvalue weighted by molar-refractivity contribution is 7.99. The van der Waals surface area contributed by atoms with Crippen molar-refractivity contribution < 1.29 is 9.18 Å². The van der Waals surface area contributed by atoms with Crippen LogP contribution in [0.1, 0.15) is 18.5 Å². The van der Waals surface area contributed by atoms with Gasteiger partial charge in [0.25, 0.3) is 0 Å². The minimum Gasteiger partial charge on any atom is -0.349 e. The molecule has 140 valence electrons. The molecule has 0 unspecified atom stereocenters. The summed E-state index contributed by atoms with van der Waals surface area (Å²) in [5.74, 6) is 0.380. The molecule has 1 amide bonds. The second kappa shape index (κ2) is 8.54. The molecule has 1 N–H and O–H groups in total. The van der Waals surface area contributed by atoms with Crippen LogP contribution in [-0.2, 0) is 11.8 Å². The zero-order valence-corrected chi connectivity index (χ0v) is 16.4. The Morgan fingerprint density at radius 2 is 1.93 bits per heavy atom. The van der Waals surface area contributed by atoms with E-state index in [1.54, 1.807) is 22.8 Å². The number of benzene rings is 2. The molecule has 0 radical (unpaired) electrons. The van der Waals surface area contributed by atoms with Gasteiger partial charge < -0.3 is 9.88 Å². The third kappa shape index (κ3) is 4.67. The molecule has 5 nitrogen and oxygen atoms in total. The summed E-state index contributed by atoms with van der Waals surface area (Å²) in [6, 6.07) is 13.3. The molecule has 3 aromatic rings. The van der Waals surface area contributed by atoms with Crippen LogP contribution in [-0.4, -0.2) is 26.4 Å². The van der Waals surface area contributed by atoms with E-state index in [2.05, 4.69) is 15.5 Å². The van der Waals surface area contributed by atoms with Crippen LogP contribution in [0.2, 0.25) is 5.02 Å². The topological polar surface area (TPSA) is 59.8 Å². The van der Waals surface area contributed by atoms with Crippen LogP contribution < -0.4 is 5.32 Å². The number of hydrogen-bond acceptors (Lipinski definition) is 4. The highest BCUT2D eigenvalue weighted by atomic mass is 35.5. The third-order valence-corrected chi connectivity index (χ3v) is 5.38. The van der Waals surface area contributed by atoms with Gasteiger partial charge in [0.2, 0.25) is 5.91 Å². The summed E-state index contributed by atoms with van der Waals surface area (Å²) in [6.45, 7) is 1.89. The number of amides is 1. The highest BCUT2D eigenvalue weighted by Crippen LogP contribution is 2.24. The molecule has 0 saturated carbocycles. The van der Waals surface area contributed by atoms with Crippen molar-refractivity contribution in [1.29, 1.82) is 0 Å². The molecule has 3 rings (SSSR count). The first-order chi connectivity index (χ1) is 13.0. The molecule has 8 heteroatoms. The van der Waals surface area contributed by atoms with E-state index >= 15 is 0 Å². The molecule has 2 aromatic carbocycles. The molecule has 0 aliphatic carbocycles. The average Bonchev–Trinajstić information content (AvgIpc) is 3.01. The molecular weight excluding hydrogens is 387 g/mol. The van der Waals surface area contributed by atoms with Crippen LogP contribution in [0.25, 0.3) is 11.4 Å². The molecule has 1 aromatic heterocycles. The first-order valence-corrected chi connectivity index (χ1v) is 9.64. The van der Waals surface area contributed by atoms with E-state index in [0.29, 0.717) is 16.0 Å². The zero-order valence-electron chi connectivity index (χ0n) is 14.8. The number of carbonyl (C=O) groups is 1. The lowest BCUT2D eigenvalue weighted by atomic mass is 10.1. The standard InChI is InChI=1S/C19H18ClFN4OS/c1-12(15-5-3-4-6-16(15)20)22-17(26)11-27-19-24-23-18(25(19)2)13-7-9-14(21)10-8-13/h3-10,12H,11H2,1-2H3,(H,22,26)/t12-/m0/s1. The van der Waals surface area contributed by atoms with Gasteiger partial charge in [0.15, 0.2) is 11.0 Å². The van der Waals surface area contributed by atoms with Gasteiger partial charge in [-0.1, -0.05) is 41.6 Å². The van der Waals surface area contributed by atoms with Crippen LogP contribution in [0.5, 0.6) is 0 Å². The van der Waals surface area contributed by atoms with Gasteiger partial charge >= 0.3 is 0 Å². The average molecular weight is 405 g/mol. The van der Waals surface area contributed by atoms with E-state index in [1.807, 2.05) is 32.2 Å². The van der Waals surface area contributed by atoms with Crippen molar-refractivity contribution in [2.45, 2.75) is 18.1 Å². The fourth-order valence-electron chi connectivity index (χ4n) is 2.61. The van der Waals surface area contributed by atoms with Crippen LogP contribution in [0.4, 0.5) is 4.39 Å². The molecule has 0 spiro atoms. The summed E-state index contributed by atoms with van der Waals surface area (Å²) in [6.07, 6.45) is 0. The Balaban J connectivity index is 1.61. The van der Waals surface area contributed by atoms with Crippen molar-refractivity contribution in [3.05, 3.63) is 64.9 Å². The molecule has 0 aliphatic rings. The summed E-state index contributed by atoms with van der Waals surface area (Å²) < 4.78 is 14.9. The number of nitrogens with zero attached hydrogens (tertiary/aromatic N) is 3. The molecule has 27 heavy (non-hydrogen) atoms. The number of halogens is 2. The number of rotatable bonds is 6. The van der Waals surface area contributed by atoms with Crippen molar-refractivity contribution in [1.82, 2.24) is 20.1 Å². The van der Waals surface area contributed by atoms with Gasteiger partial charge in [-0.2, -0.15) is 0 Å². The lowest BCUT2D eigenvalue weighted by Crippen LogP contribution is -2.28. The summed E-state index contributed by atoms with van der Waals surface area (Å²) in [5, 5.41) is 12.4. The third-order valence-electron chi connectivity index (χ3n) is 4.02. The minimum atomic E-state index is -0.306. The van der Waals surface area contributed by atoms with E-state index in [-0.39, 0.29) is 23.5 Å². The maximum Gasteiger partial charge on any atom is 0.230 e. The first kappa shape index (κ1) is 19.4. The molecular formula is C19H18ClFN4OS. The van der Waals surface area contributed by atoms with Crippen molar-refractivity contribution in [3.63, 3.8) is 0 Å². The number of aromatic nitrogens is 3. The molecule has 0 fully saturated rings. The predicted molar refractivity (Wildman–Crippen MR) is 105 cm³/mol. The smallest absolute Gasteiger partial charge is 0.230 e. The van der Waals surface area contributed by atoms with Gasteiger partial charge in [0.1, 0.15) is 5.82 Å². The van der Waals surface area contributed by atoms with Gasteiger partial charge in [-0.05, 0) is 42.8 Å². The number of carbonyl (C=O) groups excluding carboxylic acids is 1. The van der Waals surface area contributed by atoms with Crippen molar-refractivity contribution >= 4 is 29.3 Å². The van der Waals surface area contributed by atoms with Gasteiger partial charge in [-0.15, -0.1) is 10.2 Å². The van der Waals surface area contributed by atoms with E-state index in [0.717, 1.165) is 11.1 Å². The quantitative estimate of drug-likeness (QED) is 0.624. The SMILES string of the molecule is C[C@H](NC(=O)CSc1nnc(-c2ccc(F)cc2)n1C)c1ccccc1Cl. The Labute approximate surface area is 166 Å².